The maximum absolute atomic E-state index is 12.8. The Morgan fingerprint density at radius 2 is 1.92 bits per heavy atom. The Morgan fingerprint density at radius 1 is 1.33 bits per heavy atom. The number of aryl methyl sites for hydroxylation is 1. The molecule has 0 aliphatic heterocycles. The summed E-state index contributed by atoms with van der Waals surface area (Å²) in [6.07, 6.45) is 0. The zero-order valence-corrected chi connectivity index (χ0v) is 7.44. The van der Waals surface area contributed by atoms with Gasteiger partial charge in [-0.1, -0.05) is 0 Å². The van der Waals surface area contributed by atoms with Crippen LogP contribution in [0.15, 0.2) is 12.1 Å². The molecule has 12 heavy (non-hydrogen) atoms. The third kappa shape index (κ3) is 1.52. The zero-order valence-electron chi connectivity index (χ0n) is 7.44. The number of Topliss-reactive ketones (excluding diaryl/α,β-unsaturated/α-hetero) is 1. The summed E-state index contributed by atoms with van der Waals surface area (Å²) in [7, 11) is 0. The Bertz CT molecular complexity index is 329. The van der Waals surface area contributed by atoms with Gasteiger partial charge in [0.2, 0.25) is 0 Å². The first-order chi connectivity index (χ1) is 5.52. The SMILES string of the molecule is CC(=O)c1cc(F)cc(C)c1C. The number of benzene rings is 1. The van der Waals surface area contributed by atoms with E-state index in [0.29, 0.717) is 5.56 Å². The molecule has 0 fully saturated rings. The molecule has 2 heteroatoms. The van der Waals surface area contributed by atoms with Gasteiger partial charge in [0, 0.05) is 5.56 Å². The lowest BCUT2D eigenvalue weighted by atomic mass is 10.0. The van der Waals surface area contributed by atoms with Gasteiger partial charge in [-0.05, 0) is 44.0 Å². The molecule has 0 aliphatic rings. The second-order valence-corrected chi connectivity index (χ2v) is 2.95. The average Bonchev–Trinajstić information content (AvgIpc) is 1.96. The van der Waals surface area contributed by atoms with Crippen LogP contribution in [0.4, 0.5) is 4.39 Å². The molecule has 1 aromatic rings. The van der Waals surface area contributed by atoms with Crippen LogP contribution in [-0.4, -0.2) is 5.78 Å². The molecule has 1 rings (SSSR count). The quantitative estimate of drug-likeness (QED) is 0.586. The molecule has 0 saturated heterocycles. The fraction of sp³-hybridized carbons (Fsp3) is 0.300. The van der Waals surface area contributed by atoms with Gasteiger partial charge in [0.15, 0.2) is 5.78 Å². The van der Waals surface area contributed by atoms with E-state index in [0.717, 1.165) is 11.1 Å². The molecule has 0 aromatic heterocycles. The van der Waals surface area contributed by atoms with E-state index in [2.05, 4.69) is 0 Å². The molecule has 0 saturated carbocycles. The summed E-state index contributed by atoms with van der Waals surface area (Å²) in [4.78, 5) is 11.0. The van der Waals surface area contributed by atoms with Crippen molar-refractivity contribution in [2.24, 2.45) is 0 Å². The minimum Gasteiger partial charge on any atom is -0.294 e. The molecule has 0 radical (unpaired) electrons. The van der Waals surface area contributed by atoms with Crippen LogP contribution < -0.4 is 0 Å². The summed E-state index contributed by atoms with van der Waals surface area (Å²) in [6, 6.07) is 2.71. The van der Waals surface area contributed by atoms with Crippen molar-refractivity contribution in [3.63, 3.8) is 0 Å². The average molecular weight is 166 g/mol. The summed E-state index contributed by atoms with van der Waals surface area (Å²) >= 11 is 0. The molecule has 64 valence electrons. The van der Waals surface area contributed by atoms with Crippen molar-refractivity contribution >= 4 is 5.78 Å². The van der Waals surface area contributed by atoms with Crippen molar-refractivity contribution in [2.45, 2.75) is 20.8 Å². The van der Waals surface area contributed by atoms with Crippen molar-refractivity contribution in [3.05, 3.63) is 34.6 Å². The third-order valence-corrected chi connectivity index (χ3v) is 2.01. The van der Waals surface area contributed by atoms with Crippen molar-refractivity contribution < 1.29 is 9.18 Å². The van der Waals surface area contributed by atoms with Crippen LogP contribution in [0.3, 0.4) is 0 Å². The highest BCUT2D eigenvalue weighted by Gasteiger charge is 2.07. The van der Waals surface area contributed by atoms with E-state index in [4.69, 9.17) is 0 Å². The van der Waals surface area contributed by atoms with E-state index in [-0.39, 0.29) is 11.6 Å². The van der Waals surface area contributed by atoms with Gasteiger partial charge in [0.1, 0.15) is 5.82 Å². The summed E-state index contributed by atoms with van der Waals surface area (Å²) < 4.78 is 12.8. The molecule has 0 N–H and O–H groups in total. The topological polar surface area (TPSA) is 17.1 Å². The highest BCUT2D eigenvalue weighted by atomic mass is 19.1. The lowest BCUT2D eigenvalue weighted by Gasteiger charge is -2.05. The zero-order chi connectivity index (χ0) is 9.30. The fourth-order valence-corrected chi connectivity index (χ4v) is 1.18. The molecular formula is C10H11FO. The second-order valence-electron chi connectivity index (χ2n) is 2.95. The molecule has 0 aliphatic carbocycles. The number of carbonyl (C=O) groups excluding carboxylic acids is 1. The Hall–Kier alpha value is -1.18. The van der Waals surface area contributed by atoms with E-state index < -0.39 is 0 Å². The van der Waals surface area contributed by atoms with Gasteiger partial charge in [-0.3, -0.25) is 4.79 Å². The van der Waals surface area contributed by atoms with Crippen LogP contribution in [0.5, 0.6) is 0 Å². The number of carbonyl (C=O) groups is 1. The van der Waals surface area contributed by atoms with Crippen molar-refractivity contribution in [1.29, 1.82) is 0 Å². The summed E-state index contributed by atoms with van der Waals surface area (Å²) in [5.74, 6) is -0.432. The maximum atomic E-state index is 12.8. The van der Waals surface area contributed by atoms with Crippen LogP contribution in [0.1, 0.15) is 28.4 Å². The number of hydrogen-bond donors (Lipinski definition) is 0. The van der Waals surface area contributed by atoms with Crippen molar-refractivity contribution in [1.82, 2.24) is 0 Å². The molecule has 1 aromatic carbocycles. The summed E-state index contributed by atoms with van der Waals surface area (Å²) in [5.41, 5.74) is 2.16. The number of hydrogen-bond acceptors (Lipinski definition) is 1. The molecule has 0 bridgehead atoms. The molecule has 0 atom stereocenters. The minimum absolute atomic E-state index is 0.0879. The van der Waals surface area contributed by atoms with Crippen LogP contribution >= 0.6 is 0 Å². The minimum atomic E-state index is -0.344. The lowest BCUT2D eigenvalue weighted by molar-refractivity contribution is 0.101. The van der Waals surface area contributed by atoms with E-state index >= 15 is 0 Å². The summed E-state index contributed by atoms with van der Waals surface area (Å²) in [6.45, 7) is 5.07. The highest BCUT2D eigenvalue weighted by molar-refractivity contribution is 5.95. The predicted molar refractivity (Wildman–Crippen MR) is 45.9 cm³/mol. The van der Waals surface area contributed by atoms with Crippen LogP contribution in [0.2, 0.25) is 0 Å². The Balaban J connectivity index is 3.37. The first-order valence-electron chi connectivity index (χ1n) is 3.80. The van der Waals surface area contributed by atoms with E-state index in [9.17, 15) is 9.18 Å². The Kier molecular flexibility index (Phi) is 2.27. The van der Waals surface area contributed by atoms with Crippen molar-refractivity contribution in [2.75, 3.05) is 0 Å². The predicted octanol–water partition coefficient (Wildman–Crippen LogP) is 2.65. The molecule has 0 heterocycles. The smallest absolute Gasteiger partial charge is 0.160 e. The first-order valence-corrected chi connectivity index (χ1v) is 3.80. The number of halogens is 1. The van der Waals surface area contributed by atoms with E-state index in [1.54, 1.807) is 6.92 Å². The molecule has 0 spiro atoms. The van der Waals surface area contributed by atoms with E-state index in [1.165, 1.54) is 19.1 Å². The number of ketones is 1. The van der Waals surface area contributed by atoms with Crippen LogP contribution in [-0.2, 0) is 0 Å². The van der Waals surface area contributed by atoms with E-state index in [1.807, 2.05) is 6.92 Å². The molecule has 0 unspecified atom stereocenters. The van der Waals surface area contributed by atoms with Gasteiger partial charge in [-0.25, -0.2) is 4.39 Å². The van der Waals surface area contributed by atoms with Gasteiger partial charge >= 0.3 is 0 Å². The van der Waals surface area contributed by atoms with Gasteiger partial charge in [-0.15, -0.1) is 0 Å². The maximum Gasteiger partial charge on any atom is 0.160 e. The van der Waals surface area contributed by atoms with Crippen LogP contribution in [0.25, 0.3) is 0 Å². The van der Waals surface area contributed by atoms with Gasteiger partial charge in [0.25, 0.3) is 0 Å². The second kappa shape index (κ2) is 3.05. The molecule has 1 nitrogen and oxygen atoms in total. The molecular weight excluding hydrogens is 155 g/mol. The largest absolute Gasteiger partial charge is 0.294 e. The standard InChI is InChI=1S/C10H11FO/c1-6-4-9(11)5-10(7(6)2)8(3)12/h4-5H,1-3H3. The van der Waals surface area contributed by atoms with Gasteiger partial charge in [-0.2, -0.15) is 0 Å². The molecule has 0 amide bonds. The first kappa shape index (κ1) is 8.91. The van der Waals surface area contributed by atoms with Crippen molar-refractivity contribution in [3.8, 4) is 0 Å². The lowest BCUT2D eigenvalue weighted by Crippen LogP contribution is -1.99. The van der Waals surface area contributed by atoms with Gasteiger partial charge < -0.3 is 0 Å². The third-order valence-electron chi connectivity index (χ3n) is 2.01. The summed E-state index contributed by atoms with van der Waals surface area (Å²) in [5, 5.41) is 0. The van der Waals surface area contributed by atoms with Crippen LogP contribution in [0, 0.1) is 19.7 Å². The Labute approximate surface area is 71.2 Å². The van der Waals surface area contributed by atoms with Gasteiger partial charge in [0.05, 0.1) is 0 Å². The highest BCUT2D eigenvalue weighted by Crippen LogP contribution is 2.15. The monoisotopic (exact) mass is 166 g/mol. The normalized spacial score (nSPS) is 10.0. The fourth-order valence-electron chi connectivity index (χ4n) is 1.18. The Morgan fingerprint density at radius 3 is 2.42 bits per heavy atom. The number of rotatable bonds is 1.